The lowest BCUT2D eigenvalue weighted by atomic mass is 10.2. The van der Waals surface area contributed by atoms with Gasteiger partial charge in [0.15, 0.2) is 0 Å². The van der Waals surface area contributed by atoms with Gasteiger partial charge >= 0.3 is 0 Å². The Morgan fingerprint density at radius 2 is 2.90 bits per heavy atom. The van der Waals surface area contributed by atoms with Crippen LogP contribution in [0.1, 0.15) is 10.5 Å². The zero-order valence-electron chi connectivity index (χ0n) is 8.17. The molecule has 0 unspecified atom stereocenters. The average Bonchev–Trinajstić information content (AvgIpc) is 2.03. The van der Waals surface area contributed by atoms with Crippen LogP contribution < -0.4 is 0 Å². The molecule has 0 bridgehead atoms. The maximum Gasteiger partial charge on any atom is 0.209 e. The molecule has 0 aliphatic carbocycles. The molecule has 0 saturated heterocycles. The van der Waals surface area contributed by atoms with E-state index in [0.717, 1.165) is 5.57 Å². The molecule has 0 atom stereocenters. The second-order valence-electron chi connectivity index (χ2n) is 1.79. The van der Waals surface area contributed by atoms with Gasteiger partial charge < -0.3 is 4.74 Å². The van der Waals surface area contributed by atoms with Crippen LogP contribution in [0.3, 0.4) is 0 Å². The fourth-order valence-corrected chi connectivity index (χ4v) is 0.743. The number of allylic oxidation sites excluding steroid dienone is 2. The van der Waals surface area contributed by atoms with Gasteiger partial charge in [-0.25, -0.2) is 4.99 Å². The minimum atomic E-state index is -2.44. The van der Waals surface area contributed by atoms with Gasteiger partial charge in [-0.15, -0.1) is 0 Å². The maximum absolute atomic E-state index is 6.82. The van der Waals surface area contributed by atoms with Gasteiger partial charge in [-0.2, -0.15) is 0 Å². The van der Waals surface area contributed by atoms with Crippen molar-refractivity contribution in [1.82, 2.24) is 0 Å². The lowest BCUT2D eigenvalue weighted by Crippen LogP contribution is -1.93. The Morgan fingerprint density at radius 3 is 3.40 bits per heavy atom. The fourth-order valence-electron chi connectivity index (χ4n) is 0.598. The molecule has 0 amide bonds. The van der Waals surface area contributed by atoms with E-state index in [1.54, 1.807) is 6.08 Å². The van der Waals surface area contributed by atoms with E-state index in [9.17, 15) is 0 Å². The highest BCUT2D eigenvalue weighted by molar-refractivity contribution is 6.27. The third-order valence-corrected chi connectivity index (χ3v) is 1.40. The van der Waals surface area contributed by atoms with Crippen LogP contribution in [0.25, 0.3) is 0 Å². The summed E-state index contributed by atoms with van der Waals surface area (Å²) in [6.07, 6.45) is 3.59. The van der Waals surface area contributed by atoms with Crippen molar-refractivity contribution in [2.24, 2.45) is 4.99 Å². The van der Waals surface area contributed by atoms with E-state index >= 15 is 0 Å². The molecule has 1 aliphatic rings. The topological polar surface area (TPSA) is 21.6 Å². The van der Waals surface area contributed by atoms with E-state index < -0.39 is 7.04 Å². The largest absolute Gasteiger partial charge is 0.481 e. The number of halogens is 1. The molecular weight excluding hydrogens is 150 g/mol. The normalized spacial score (nSPS) is 26.7. The molecule has 0 aromatic heterocycles. The van der Waals surface area contributed by atoms with Crippen LogP contribution in [-0.4, -0.2) is 13.3 Å². The van der Waals surface area contributed by atoms with E-state index in [-0.39, 0.29) is 5.88 Å². The molecule has 1 rings (SSSR count). The van der Waals surface area contributed by atoms with Crippen LogP contribution in [0.2, 0.25) is 0 Å². The lowest BCUT2D eigenvalue weighted by molar-refractivity contribution is 0.287. The van der Waals surface area contributed by atoms with E-state index in [4.69, 9.17) is 15.7 Å². The van der Waals surface area contributed by atoms with Gasteiger partial charge in [0.25, 0.3) is 0 Å². The average molecular weight is 161 g/mol. The summed E-state index contributed by atoms with van der Waals surface area (Å²) < 4.78 is 25.0. The predicted molar refractivity (Wildman–Crippen MR) is 42.1 cm³/mol. The van der Waals surface area contributed by atoms with Crippen molar-refractivity contribution in [3.8, 4) is 0 Å². The second kappa shape index (κ2) is 3.42. The number of hydrogen-bond acceptors (Lipinski definition) is 2. The summed E-state index contributed by atoms with van der Waals surface area (Å²) in [5.74, 6) is 0.113. The minimum Gasteiger partial charge on any atom is -0.481 e. The van der Waals surface area contributed by atoms with Crippen molar-refractivity contribution >= 4 is 17.8 Å². The Bertz CT molecular complexity index is 280. The molecule has 54 valence electrons. The van der Waals surface area contributed by atoms with E-state index in [1.165, 1.54) is 11.7 Å². The van der Waals surface area contributed by atoms with Crippen LogP contribution in [0, 0.1) is 0 Å². The molecule has 0 N–H and O–H groups in total. The van der Waals surface area contributed by atoms with Crippen molar-refractivity contribution in [2.45, 2.75) is 6.42 Å². The summed E-state index contributed by atoms with van der Waals surface area (Å²) in [6, 6.07) is 0. The Balaban J connectivity index is 2.58. The first-order valence-corrected chi connectivity index (χ1v) is 3.17. The number of methoxy groups -OCH3 is 1. The van der Waals surface area contributed by atoms with Crippen molar-refractivity contribution in [2.75, 3.05) is 7.04 Å². The maximum atomic E-state index is 6.82. The number of nitrogens with zero attached hydrogens (tertiary/aromatic N) is 1. The summed E-state index contributed by atoms with van der Waals surface area (Å²) in [7, 11) is -2.44. The van der Waals surface area contributed by atoms with Crippen molar-refractivity contribution in [1.29, 1.82) is 0 Å². The number of aliphatic imine (C=N–C) groups is 1. The van der Waals surface area contributed by atoms with Crippen LogP contribution >= 0.6 is 11.6 Å². The van der Waals surface area contributed by atoms with Crippen LogP contribution in [0.4, 0.5) is 0 Å². The quantitative estimate of drug-likeness (QED) is 0.576. The first kappa shape index (κ1) is 4.19. The van der Waals surface area contributed by atoms with Gasteiger partial charge in [0, 0.05) is 11.7 Å². The van der Waals surface area contributed by atoms with Gasteiger partial charge in [-0.3, -0.25) is 0 Å². The monoisotopic (exact) mass is 160 g/mol. The van der Waals surface area contributed by atoms with E-state index in [0.29, 0.717) is 6.42 Å². The number of ether oxygens (including phenoxy) is 1. The Hall–Kier alpha value is -0.760. The molecule has 0 saturated carbocycles. The molecule has 3 heteroatoms. The summed E-state index contributed by atoms with van der Waals surface area (Å²) in [6.45, 7) is 0. The molecule has 0 fully saturated rings. The molecule has 1 heterocycles. The summed E-state index contributed by atoms with van der Waals surface area (Å²) in [4.78, 5) is 3.77. The highest BCUT2D eigenvalue weighted by Crippen LogP contribution is 2.11. The Labute approximate surface area is 69.1 Å². The SMILES string of the molecule is [2H]C([2H])([2H])OC1=CCC(=CCl)C=N1. The van der Waals surface area contributed by atoms with Crippen LogP contribution in [-0.2, 0) is 4.74 Å². The van der Waals surface area contributed by atoms with Crippen molar-refractivity contribution < 1.29 is 8.85 Å². The highest BCUT2D eigenvalue weighted by Gasteiger charge is 1.99. The van der Waals surface area contributed by atoms with E-state index in [1.807, 2.05) is 0 Å². The second-order valence-corrected chi connectivity index (χ2v) is 2.01. The third kappa shape index (κ3) is 1.61. The summed E-state index contributed by atoms with van der Waals surface area (Å²) in [5.41, 5.74) is 2.21. The molecule has 10 heavy (non-hydrogen) atoms. The molecule has 0 spiro atoms. The lowest BCUT2D eigenvalue weighted by Gasteiger charge is -2.04. The first-order chi connectivity index (χ1) is 6.01. The highest BCUT2D eigenvalue weighted by atomic mass is 35.5. The van der Waals surface area contributed by atoms with Crippen molar-refractivity contribution in [3.05, 3.63) is 23.1 Å². The number of hydrogen-bond donors (Lipinski definition) is 0. The zero-order valence-corrected chi connectivity index (χ0v) is 5.93. The predicted octanol–water partition coefficient (Wildman–Crippen LogP) is 2.07. The first-order valence-electron chi connectivity index (χ1n) is 4.24. The Kier molecular flexibility index (Phi) is 1.43. The smallest absolute Gasteiger partial charge is 0.209 e. The fraction of sp³-hybridized carbons (Fsp3) is 0.286. The van der Waals surface area contributed by atoms with Gasteiger partial charge in [-0.05, 0) is 18.1 Å². The van der Waals surface area contributed by atoms with Gasteiger partial charge in [0.05, 0.1) is 11.2 Å². The van der Waals surface area contributed by atoms with E-state index in [2.05, 4.69) is 9.73 Å². The Morgan fingerprint density at radius 1 is 2.00 bits per heavy atom. The third-order valence-electron chi connectivity index (χ3n) is 1.11. The number of rotatable bonds is 1. The standard InChI is InChI=1S/C7H8ClNO/c1-10-7-3-2-6(4-8)5-9-7/h3-5H,2H2,1H3/i1D3. The molecule has 0 radical (unpaired) electrons. The van der Waals surface area contributed by atoms with Crippen LogP contribution in [0.5, 0.6) is 0 Å². The molecule has 2 nitrogen and oxygen atoms in total. The zero-order chi connectivity index (χ0) is 9.90. The molecule has 0 aromatic rings. The molecule has 1 aliphatic heterocycles. The van der Waals surface area contributed by atoms with Crippen LogP contribution in [0.15, 0.2) is 28.1 Å². The molecule has 0 aromatic carbocycles. The summed E-state index contributed by atoms with van der Waals surface area (Å²) in [5, 5.41) is 0. The van der Waals surface area contributed by atoms with Crippen molar-refractivity contribution in [3.63, 3.8) is 0 Å². The molecular formula is C7H8ClNO. The summed E-state index contributed by atoms with van der Waals surface area (Å²) >= 11 is 5.43. The minimum absolute atomic E-state index is 0.113. The van der Waals surface area contributed by atoms with Gasteiger partial charge in [-0.1, -0.05) is 11.6 Å². The van der Waals surface area contributed by atoms with Gasteiger partial charge in [0.1, 0.15) is 0 Å². The van der Waals surface area contributed by atoms with Gasteiger partial charge in [0.2, 0.25) is 5.88 Å².